The lowest BCUT2D eigenvalue weighted by Gasteiger charge is -2.30. The van der Waals surface area contributed by atoms with Crippen molar-refractivity contribution in [2.24, 2.45) is 4.99 Å². The van der Waals surface area contributed by atoms with Crippen molar-refractivity contribution in [1.29, 1.82) is 0 Å². The Bertz CT molecular complexity index is 961. The number of carbonyl (C=O) groups excluding carboxylic acids is 2. The smallest absolute Gasteiger partial charge is 0.335 e. The largest absolute Gasteiger partial charge is 0.478 e. The van der Waals surface area contributed by atoms with E-state index < -0.39 is 11.2 Å². The molecule has 1 atom stereocenters. The molecule has 7 nitrogen and oxygen atoms in total. The van der Waals surface area contributed by atoms with Crippen LogP contribution >= 0.6 is 23.4 Å². The van der Waals surface area contributed by atoms with E-state index >= 15 is 0 Å². The summed E-state index contributed by atoms with van der Waals surface area (Å²) in [6, 6.07) is 12.7. The van der Waals surface area contributed by atoms with E-state index in [1.807, 2.05) is 6.92 Å². The lowest BCUT2D eigenvalue weighted by Crippen LogP contribution is -2.45. The molecule has 0 bridgehead atoms. The molecule has 0 aliphatic carbocycles. The summed E-state index contributed by atoms with van der Waals surface area (Å²) in [5, 5.41) is 12.1. The van der Waals surface area contributed by atoms with Crippen LogP contribution in [0.4, 0.5) is 11.4 Å². The molecule has 9 heteroatoms. The van der Waals surface area contributed by atoms with Crippen molar-refractivity contribution in [1.82, 2.24) is 4.90 Å². The minimum Gasteiger partial charge on any atom is -0.478 e. The molecule has 2 aromatic rings. The first kappa shape index (κ1) is 20.9. The van der Waals surface area contributed by atoms with Crippen LogP contribution in [-0.2, 0) is 9.59 Å². The van der Waals surface area contributed by atoms with Crippen molar-refractivity contribution >= 4 is 57.7 Å². The lowest BCUT2D eigenvalue weighted by atomic mass is 10.2. The number of carboxylic acids is 1. The van der Waals surface area contributed by atoms with Crippen LogP contribution in [0.1, 0.15) is 23.7 Å². The number of halogens is 1. The van der Waals surface area contributed by atoms with Crippen LogP contribution in [0.2, 0.25) is 5.02 Å². The number of hydrogen-bond donors (Lipinski definition) is 2. The number of thioether (sulfide) groups is 1. The third-order valence-corrected chi connectivity index (χ3v) is 5.64. The Labute approximate surface area is 176 Å². The van der Waals surface area contributed by atoms with Crippen molar-refractivity contribution in [3.8, 4) is 0 Å². The van der Waals surface area contributed by atoms with Crippen LogP contribution in [0.15, 0.2) is 53.5 Å². The average molecular weight is 432 g/mol. The van der Waals surface area contributed by atoms with E-state index in [1.165, 1.54) is 36.0 Å². The van der Waals surface area contributed by atoms with Gasteiger partial charge in [0.05, 0.1) is 11.3 Å². The Morgan fingerprint density at radius 3 is 2.45 bits per heavy atom. The molecule has 1 unspecified atom stereocenters. The van der Waals surface area contributed by atoms with E-state index in [0.717, 1.165) is 0 Å². The van der Waals surface area contributed by atoms with Crippen molar-refractivity contribution in [3.63, 3.8) is 0 Å². The third kappa shape index (κ3) is 5.16. The van der Waals surface area contributed by atoms with Gasteiger partial charge < -0.3 is 10.4 Å². The first-order valence-corrected chi connectivity index (χ1v) is 10.1. The fraction of sp³-hybridized carbons (Fsp3) is 0.200. The summed E-state index contributed by atoms with van der Waals surface area (Å²) in [4.78, 5) is 42.2. The quantitative estimate of drug-likeness (QED) is 0.744. The standard InChI is InChI=1S/C20H18ClN3O4S/c1-2-24-17(25)11-16(29-20(24)23-15-9-5-13(21)6-10-15)18(26)22-14-7-3-12(4-8-14)19(27)28/h3-10,16H,2,11H2,1H3,(H,22,26)(H,27,28). The zero-order chi connectivity index (χ0) is 21.0. The second kappa shape index (κ2) is 9.11. The van der Waals surface area contributed by atoms with Crippen LogP contribution in [0.25, 0.3) is 0 Å². The second-order valence-electron chi connectivity index (χ2n) is 6.19. The Hall–Kier alpha value is -2.84. The van der Waals surface area contributed by atoms with Crippen LogP contribution in [0.3, 0.4) is 0 Å². The number of nitrogens with zero attached hydrogens (tertiary/aromatic N) is 2. The van der Waals surface area contributed by atoms with Gasteiger partial charge in [0.1, 0.15) is 5.25 Å². The molecule has 2 aromatic carbocycles. The molecule has 2 N–H and O–H groups in total. The summed E-state index contributed by atoms with van der Waals surface area (Å²) in [5.41, 5.74) is 1.22. The second-order valence-corrected chi connectivity index (χ2v) is 7.80. The number of amidine groups is 1. The van der Waals surface area contributed by atoms with Crippen LogP contribution in [-0.4, -0.2) is 44.8 Å². The first-order chi connectivity index (χ1) is 13.9. The van der Waals surface area contributed by atoms with Gasteiger partial charge in [-0.25, -0.2) is 9.79 Å². The molecule has 3 rings (SSSR count). The van der Waals surface area contributed by atoms with E-state index in [9.17, 15) is 14.4 Å². The highest BCUT2D eigenvalue weighted by molar-refractivity contribution is 8.15. The van der Waals surface area contributed by atoms with Crippen LogP contribution in [0.5, 0.6) is 0 Å². The maximum atomic E-state index is 12.7. The molecule has 29 heavy (non-hydrogen) atoms. The minimum atomic E-state index is -1.04. The lowest BCUT2D eigenvalue weighted by molar-refractivity contribution is -0.129. The highest BCUT2D eigenvalue weighted by atomic mass is 35.5. The summed E-state index contributed by atoms with van der Waals surface area (Å²) in [5.74, 6) is -1.56. The van der Waals surface area contributed by atoms with Gasteiger partial charge >= 0.3 is 5.97 Å². The monoisotopic (exact) mass is 431 g/mol. The topological polar surface area (TPSA) is 99.1 Å². The van der Waals surface area contributed by atoms with Gasteiger partial charge in [0, 0.05) is 23.7 Å². The van der Waals surface area contributed by atoms with E-state index in [2.05, 4.69) is 10.3 Å². The zero-order valence-electron chi connectivity index (χ0n) is 15.5. The van der Waals surface area contributed by atoms with Gasteiger partial charge in [-0.1, -0.05) is 23.4 Å². The molecule has 1 aliphatic heterocycles. The van der Waals surface area contributed by atoms with Crippen molar-refractivity contribution < 1.29 is 19.5 Å². The fourth-order valence-electron chi connectivity index (χ4n) is 2.70. The number of hydrogen-bond acceptors (Lipinski definition) is 5. The van der Waals surface area contributed by atoms with E-state index in [1.54, 1.807) is 29.2 Å². The average Bonchev–Trinajstić information content (AvgIpc) is 2.70. The molecule has 150 valence electrons. The number of anilines is 1. The third-order valence-electron chi connectivity index (χ3n) is 4.20. The van der Waals surface area contributed by atoms with Gasteiger partial charge in [0.2, 0.25) is 11.8 Å². The molecular weight excluding hydrogens is 414 g/mol. The minimum absolute atomic E-state index is 0.0528. The predicted molar refractivity (Wildman–Crippen MR) is 114 cm³/mol. The molecule has 2 amide bonds. The van der Waals surface area contributed by atoms with Crippen LogP contribution in [0, 0.1) is 0 Å². The number of benzene rings is 2. The molecule has 1 fully saturated rings. The van der Waals surface area contributed by atoms with Gasteiger partial charge in [-0.3, -0.25) is 14.5 Å². The number of aliphatic imine (C=N–C) groups is 1. The number of carboxylic acid groups (broad SMARTS) is 1. The highest BCUT2D eigenvalue weighted by Gasteiger charge is 2.35. The van der Waals surface area contributed by atoms with Crippen molar-refractivity contribution in [2.45, 2.75) is 18.6 Å². The first-order valence-electron chi connectivity index (χ1n) is 8.83. The molecular formula is C20H18ClN3O4S. The fourth-order valence-corrected chi connectivity index (χ4v) is 3.99. The van der Waals surface area contributed by atoms with Gasteiger partial charge in [-0.05, 0) is 55.5 Å². The maximum absolute atomic E-state index is 12.7. The van der Waals surface area contributed by atoms with Crippen molar-refractivity contribution in [2.75, 3.05) is 11.9 Å². The van der Waals surface area contributed by atoms with E-state index in [-0.39, 0.29) is 23.8 Å². The Kier molecular flexibility index (Phi) is 6.56. The van der Waals surface area contributed by atoms with Crippen LogP contribution < -0.4 is 5.32 Å². The molecule has 1 heterocycles. The van der Waals surface area contributed by atoms with E-state index in [0.29, 0.717) is 28.1 Å². The molecule has 1 aliphatic rings. The van der Waals surface area contributed by atoms with Gasteiger partial charge in [0.15, 0.2) is 5.17 Å². The summed E-state index contributed by atoms with van der Waals surface area (Å²) in [6.07, 6.45) is 0.0528. The van der Waals surface area contributed by atoms with Crippen molar-refractivity contribution in [3.05, 3.63) is 59.1 Å². The summed E-state index contributed by atoms with van der Waals surface area (Å²) >= 11 is 7.12. The summed E-state index contributed by atoms with van der Waals surface area (Å²) in [6.45, 7) is 2.30. The Morgan fingerprint density at radius 1 is 1.21 bits per heavy atom. The molecule has 0 aromatic heterocycles. The van der Waals surface area contributed by atoms with Gasteiger partial charge in [-0.2, -0.15) is 0 Å². The molecule has 0 saturated carbocycles. The molecule has 0 spiro atoms. The van der Waals surface area contributed by atoms with Gasteiger partial charge in [0.25, 0.3) is 0 Å². The van der Waals surface area contributed by atoms with Gasteiger partial charge in [-0.15, -0.1) is 0 Å². The summed E-state index contributed by atoms with van der Waals surface area (Å²) in [7, 11) is 0. The number of carbonyl (C=O) groups is 3. The molecule has 0 radical (unpaired) electrons. The maximum Gasteiger partial charge on any atom is 0.335 e. The number of aromatic carboxylic acids is 1. The summed E-state index contributed by atoms with van der Waals surface area (Å²) < 4.78 is 0. The normalized spacial score (nSPS) is 18.0. The Morgan fingerprint density at radius 2 is 1.86 bits per heavy atom. The predicted octanol–water partition coefficient (Wildman–Crippen LogP) is 4.02. The number of rotatable bonds is 5. The highest BCUT2D eigenvalue weighted by Crippen LogP contribution is 2.30. The zero-order valence-corrected chi connectivity index (χ0v) is 17.0. The Balaban J connectivity index is 1.77. The van der Waals surface area contributed by atoms with E-state index in [4.69, 9.17) is 16.7 Å². The number of amides is 2. The number of nitrogens with one attached hydrogen (secondary N) is 1. The molecule has 1 saturated heterocycles. The SMILES string of the molecule is CCN1C(=O)CC(C(=O)Nc2ccc(C(=O)O)cc2)SC1=Nc1ccc(Cl)cc1.